The van der Waals surface area contributed by atoms with E-state index in [2.05, 4.69) is 193 Å². The van der Waals surface area contributed by atoms with Crippen molar-refractivity contribution in [3.05, 3.63) is 221 Å². The van der Waals surface area contributed by atoms with Crippen molar-refractivity contribution in [2.75, 3.05) is 4.90 Å². The summed E-state index contributed by atoms with van der Waals surface area (Å²) in [5, 5.41) is 5.47. The zero-order valence-electron chi connectivity index (χ0n) is 32.0. The van der Waals surface area contributed by atoms with Crippen molar-refractivity contribution in [1.82, 2.24) is 0 Å². The molecule has 0 fully saturated rings. The number of rotatable bonds is 4. The number of benzene rings is 9. The van der Waals surface area contributed by atoms with Crippen LogP contribution in [-0.2, 0) is 5.41 Å². The van der Waals surface area contributed by atoms with E-state index in [1.165, 1.54) is 63.3 Å². The lowest BCUT2D eigenvalue weighted by Crippen LogP contribution is -2.32. The van der Waals surface area contributed by atoms with Gasteiger partial charge in [-0.3, -0.25) is 0 Å². The lowest BCUT2D eigenvalue weighted by Gasteiger charge is -2.40. The van der Waals surface area contributed by atoms with Crippen LogP contribution in [0.1, 0.15) is 22.3 Å². The predicted octanol–water partition coefficient (Wildman–Crippen LogP) is 16.6. The summed E-state index contributed by atoms with van der Waals surface area (Å²) in [5.74, 6) is 0. The second-order valence-corrected chi connectivity index (χ2v) is 18.3. The molecule has 5 heteroatoms. The molecule has 60 heavy (non-hydrogen) atoms. The molecule has 1 aliphatic heterocycles. The molecule has 282 valence electrons. The molecule has 0 N–H and O–H groups in total. The zero-order chi connectivity index (χ0) is 39.5. The molecule has 11 aromatic rings. The van der Waals surface area contributed by atoms with Crippen LogP contribution >= 0.6 is 34.7 Å². The van der Waals surface area contributed by atoms with Crippen molar-refractivity contribution in [3.63, 3.8) is 0 Å². The second-order valence-electron chi connectivity index (χ2n) is 15.7. The Balaban J connectivity index is 1.08. The number of furan rings is 1. The van der Waals surface area contributed by atoms with E-state index in [9.17, 15) is 0 Å². The third-order valence-corrected chi connectivity index (χ3v) is 15.1. The predicted molar refractivity (Wildman–Crippen MR) is 253 cm³/mol. The molecule has 0 saturated carbocycles. The number of anilines is 3. The summed E-state index contributed by atoms with van der Waals surface area (Å²) in [6.07, 6.45) is 0. The average molecular weight is 822 g/mol. The fraction of sp³-hybridized carbons (Fsp3) is 0.0182. The molecule has 9 aromatic carbocycles. The topological polar surface area (TPSA) is 16.4 Å². The number of hydrogen-bond acceptors (Lipinski definition) is 4. The van der Waals surface area contributed by atoms with E-state index in [4.69, 9.17) is 16.0 Å². The number of para-hydroxylation sites is 3. The highest BCUT2D eigenvalue weighted by Crippen LogP contribution is 2.63. The first-order valence-electron chi connectivity index (χ1n) is 20.2. The van der Waals surface area contributed by atoms with Crippen LogP contribution < -0.4 is 4.90 Å². The highest BCUT2D eigenvalue weighted by molar-refractivity contribution is 7.99. The number of nitrogens with zero attached hydrogens (tertiary/aromatic N) is 1. The van der Waals surface area contributed by atoms with Crippen LogP contribution in [0.2, 0.25) is 5.02 Å². The summed E-state index contributed by atoms with van der Waals surface area (Å²) in [5.41, 5.74) is 14.5. The Morgan fingerprint density at radius 3 is 1.90 bits per heavy atom. The van der Waals surface area contributed by atoms with Gasteiger partial charge in [0.2, 0.25) is 0 Å². The Morgan fingerprint density at radius 1 is 0.433 bits per heavy atom. The molecule has 0 unspecified atom stereocenters. The van der Waals surface area contributed by atoms with Gasteiger partial charge in [-0.1, -0.05) is 157 Å². The van der Waals surface area contributed by atoms with Gasteiger partial charge in [0, 0.05) is 73.9 Å². The van der Waals surface area contributed by atoms with Crippen LogP contribution in [0.15, 0.2) is 208 Å². The van der Waals surface area contributed by atoms with Gasteiger partial charge in [0.15, 0.2) is 0 Å². The highest BCUT2D eigenvalue weighted by atomic mass is 35.5. The smallest absolute Gasteiger partial charge is 0.143 e. The maximum absolute atomic E-state index is 6.82. The van der Waals surface area contributed by atoms with Crippen molar-refractivity contribution in [2.24, 2.45) is 0 Å². The van der Waals surface area contributed by atoms with Crippen LogP contribution in [-0.4, -0.2) is 0 Å². The van der Waals surface area contributed by atoms with E-state index in [0.29, 0.717) is 0 Å². The van der Waals surface area contributed by atoms with Gasteiger partial charge in [-0.2, -0.15) is 0 Å². The average Bonchev–Trinajstić information content (AvgIpc) is 3.96. The van der Waals surface area contributed by atoms with Gasteiger partial charge in [0.05, 0.1) is 5.41 Å². The Labute approximate surface area is 359 Å². The summed E-state index contributed by atoms with van der Waals surface area (Å²) >= 11 is 10.5. The Kier molecular flexibility index (Phi) is 7.42. The van der Waals surface area contributed by atoms with Gasteiger partial charge < -0.3 is 9.32 Å². The van der Waals surface area contributed by atoms with Gasteiger partial charge in [0.25, 0.3) is 0 Å². The molecule has 2 aromatic heterocycles. The summed E-state index contributed by atoms with van der Waals surface area (Å²) in [6.45, 7) is 0. The van der Waals surface area contributed by atoms with E-state index in [1.807, 2.05) is 29.2 Å². The van der Waals surface area contributed by atoms with E-state index < -0.39 is 5.41 Å². The maximum atomic E-state index is 6.82. The summed E-state index contributed by atoms with van der Waals surface area (Å²) < 4.78 is 9.21. The monoisotopic (exact) mass is 821 g/mol. The standard InChI is InChI=1S/C55H32ClNOS2/c56-33-25-27-47-51(29-33)59-52-32-35(26-28-48(52)55(47)45-21-8-4-15-37(45)38-16-5-9-22-46(38)55)57(34-13-2-1-3-14-34)36-30-43-40-18-7-11-24-50(40)60-54(43)44(31-36)42-20-12-19-41-39-17-6-10-23-49(39)58-53(41)42/h1-32H. The molecule has 0 atom stereocenters. The van der Waals surface area contributed by atoms with Crippen molar-refractivity contribution >= 4 is 93.9 Å². The SMILES string of the molecule is Clc1ccc2c(c1)Sc1cc(N(c3ccccc3)c3cc(-c4cccc5c4oc4ccccc45)c4sc5ccccc5c4c3)ccc1C21c2ccccc2-c2ccccc21. The normalized spacial score (nSPS) is 13.5. The molecule has 0 radical (unpaired) electrons. The van der Waals surface area contributed by atoms with E-state index in [1.54, 1.807) is 0 Å². The number of thiophene rings is 1. The lowest BCUT2D eigenvalue weighted by molar-refractivity contribution is 0.670. The first-order valence-corrected chi connectivity index (χ1v) is 22.2. The Bertz CT molecular complexity index is 3520. The molecule has 1 spiro atoms. The van der Waals surface area contributed by atoms with Gasteiger partial charge in [-0.25, -0.2) is 0 Å². The second kappa shape index (κ2) is 13.0. The van der Waals surface area contributed by atoms with Crippen LogP contribution in [0.4, 0.5) is 17.1 Å². The van der Waals surface area contributed by atoms with Crippen LogP contribution in [0.3, 0.4) is 0 Å². The molecule has 1 aliphatic carbocycles. The minimum Gasteiger partial charge on any atom is -0.455 e. The maximum Gasteiger partial charge on any atom is 0.143 e. The molecule has 0 saturated heterocycles. The van der Waals surface area contributed by atoms with Crippen molar-refractivity contribution in [2.45, 2.75) is 15.2 Å². The molecule has 0 bridgehead atoms. The number of halogens is 1. The quantitative estimate of drug-likeness (QED) is 0.176. The lowest BCUT2D eigenvalue weighted by atomic mass is 9.67. The fourth-order valence-electron chi connectivity index (χ4n) is 10.1. The van der Waals surface area contributed by atoms with Gasteiger partial charge >= 0.3 is 0 Å². The van der Waals surface area contributed by atoms with Crippen LogP contribution in [0.25, 0.3) is 64.4 Å². The highest BCUT2D eigenvalue weighted by Gasteiger charge is 2.50. The van der Waals surface area contributed by atoms with E-state index in [0.717, 1.165) is 55.2 Å². The summed E-state index contributed by atoms with van der Waals surface area (Å²) in [6, 6.07) is 70.7. The molecule has 3 heterocycles. The first kappa shape index (κ1) is 34.3. The van der Waals surface area contributed by atoms with Crippen LogP contribution in [0, 0.1) is 0 Å². The van der Waals surface area contributed by atoms with Crippen molar-refractivity contribution in [3.8, 4) is 22.3 Å². The fourth-order valence-corrected chi connectivity index (χ4v) is 12.9. The van der Waals surface area contributed by atoms with Crippen molar-refractivity contribution in [1.29, 1.82) is 0 Å². The largest absolute Gasteiger partial charge is 0.455 e. The summed E-state index contributed by atoms with van der Waals surface area (Å²) in [7, 11) is 0. The first-order chi connectivity index (χ1) is 29.6. The van der Waals surface area contributed by atoms with Gasteiger partial charge in [0.1, 0.15) is 11.2 Å². The Hall–Kier alpha value is -6.56. The molecular formula is C55H32ClNOS2. The third-order valence-electron chi connectivity index (χ3n) is 12.6. The number of hydrogen-bond donors (Lipinski definition) is 0. The Morgan fingerprint density at radius 2 is 1.08 bits per heavy atom. The van der Waals surface area contributed by atoms with E-state index in [-0.39, 0.29) is 0 Å². The molecule has 0 amide bonds. The molecular weight excluding hydrogens is 790 g/mol. The van der Waals surface area contributed by atoms with E-state index >= 15 is 0 Å². The number of fused-ring (bicyclic) bond motifs is 15. The summed E-state index contributed by atoms with van der Waals surface area (Å²) in [4.78, 5) is 4.81. The third kappa shape index (κ3) is 4.78. The minimum atomic E-state index is -0.489. The molecule has 13 rings (SSSR count). The van der Waals surface area contributed by atoms with Gasteiger partial charge in [-0.05, 0) is 94.0 Å². The molecule has 2 aliphatic rings. The van der Waals surface area contributed by atoms with Crippen molar-refractivity contribution < 1.29 is 4.42 Å². The van der Waals surface area contributed by atoms with Crippen LogP contribution in [0.5, 0.6) is 0 Å². The minimum absolute atomic E-state index is 0.489. The molecule has 2 nitrogen and oxygen atoms in total. The van der Waals surface area contributed by atoms with Gasteiger partial charge in [-0.15, -0.1) is 11.3 Å². The zero-order valence-corrected chi connectivity index (χ0v) is 34.4.